The Kier molecular flexibility index (Phi) is 6.82. The first-order valence-corrected chi connectivity index (χ1v) is 6.12. The lowest BCUT2D eigenvalue weighted by atomic mass is 10.1. The molecule has 6 heteroatoms. The molecule has 0 aliphatic carbocycles. The zero-order valence-corrected chi connectivity index (χ0v) is 10.9. The van der Waals surface area contributed by atoms with Gasteiger partial charge in [-0.1, -0.05) is 0 Å². The Bertz CT molecular complexity index is 331. The van der Waals surface area contributed by atoms with Crippen molar-refractivity contribution in [3.63, 3.8) is 0 Å². The predicted molar refractivity (Wildman–Crippen MR) is 65.8 cm³/mol. The van der Waals surface area contributed by atoms with E-state index in [2.05, 4.69) is 10.3 Å². The number of hydrogen-bond donors (Lipinski definition) is 1. The van der Waals surface area contributed by atoms with Gasteiger partial charge in [-0.15, -0.1) is 0 Å². The zero-order valence-electron chi connectivity index (χ0n) is 10.9. The van der Waals surface area contributed by atoms with Crippen LogP contribution in [0.1, 0.15) is 18.7 Å². The molecule has 0 fully saturated rings. The Hall–Kier alpha value is -1.01. The molecule has 0 saturated heterocycles. The molecule has 104 valence electrons. The summed E-state index contributed by atoms with van der Waals surface area (Å²) in [5, 5.41) is 3.17. The fourth-order valence-corrected chi connectivity index (χ4v) is 1.77. The molecule has 0 amide bonds. The minimum atomic E-state index is -2.38. The second-order valence-corrected chi connectivity index (χ2v) is 4.23. The van der Waals surface area contributed by atoms with E-state index in [9.17, 15) is 8.78 Å². The molecular weight excluding hydrogens is 240 g/mol. The Morgan fingerprint density at radius 3 is 2.78 bits per heavy atom. The lowest BCUT2D eigenvalue weighted by Crippen LogP contribution is -2.28. The summed E-state index contributed by atoms with van der Waals surface area (Å²) < 4.78 is 30.6. The Balaban J connectivity index is 2.19. The largest absolute Gasteiger partial charge is 0.375 e. The highest BCUT2D eigenvalue weighted by atomic mass is 19.3. The summed E-state index contributed by atoms with van der Waals surface area (Å²) in [5.41, 5.74) is 0. The number of nitrogens with one attached hydrogen (secondary N) is 1. The molecule has 18 heavy (non-hydrogen) atoms. The van der Waals surface area contributed by atoms with Gasteiger partial charge < -0.3 is 14.6 Å². The molecule has 1 heterocycles. The monoisotopic (exact) mass is 261 g/mol. The van der Waals surface area contributed by atoms with Gasteiger partial charge in [0.2, 0.25) is 0 Å². The number of rotatable bonds is 9. The number of hydrogen-bond acceptors (Lipinski definition) is 3. The molecule has 1 atom stereocenters. The average Bonchev–Trinajstić information content (AvgIpc) is 2.74. The maximum absolute atomic E-state index is 11.9. The molecule has 1 aromatic heterocycles. The van der Waals surface area contributed by atoms with Crippen molar-refractivity contribution in [2.75, 3.05) is 20.3 Å². The highest BCUT2D eigenvalue weighted by Gasteiger charge is 2.09. The van der Waals surface area contributed by atoms with Crippen LogP contribution in [0.2, 0.25) is 0 Å². The molecule has 0 aromatic carbocycles. The summed E-state index contributed by atoms with van der Waals surface area (Å²) in [4.78, 5) is 4.25. The van der Waals surface area contributed by atoms with Gasteiger partial charge in [0.25, 0.3) is 6.43 Å². The third kappa shape index (κ3) is 5.55. The third-order valence-electron chi connectivity index (χ3n) is 2.90. The van der Waals surface area contributed by atoms with Crippen molar-refractivity contribution in [1.29, 1.82) is 0 Å². The van der Waals surface area contributed by atoms with Gasteiger partial charge in [0.1, 0.15) is 12.4 Å². The van der Waals surface area contributed by atoms with E-state index in [1.807, 2.05) is 24.9 Å². The number of imidazole rings is 1. The Labute approximate surface area is 106 Å². The Morgan fingerprint density at radius 1 is 1.44 bits per heavy atom. The van der Waals surface area contributed by atoms with Crippen LogP contribution in [-0.2, 0) is 18.2 Å². The van der Waals surface area contributed by atoms with Gasteiger partial charge in [0.05, 0.1) is 0 Å². The maximum Gasteiger partial charge on any atom is 0.261 e. The molecule has 0 radical (unpaired) electrons. The van der Waals surface area contributed by atoms with Crippen molar-refractivity contribution in [2.24, 2.45) is 7.05 Å². The van der Waals surface area contributed by atoms with E-state index in [4.69, 9.17) is 4.74 Å². The number of nitrogens with zero attached hydrogens (tertiary/aromatic N) is 2. The first kappa shape index (κ1) is 15.0. The van der Waals surface area contributed by atoms with Gasteiger partial charge in [0.15, 0.2) is 0 Å². The van der Waals surface area contributed by atoms with Gasteiger partial charge in [-0.25, -0.2) is 13.8 Å². The van der Waals surface area contributed by atoms with Crippen LogP contribution in [0.25, 0.3) is 0 Å². The van der Waals surface area contributed by atoms with Crippen LogP contribution in [0, 0.1) is 0 Å². The first-order valence-electron chi connectivity index (χ1n) is 6.12. The molecular formula is C12H21F2N3O. The van der Waals surface area contributed by atoms with Gasteiger partial charge in [-0.05, 0) is 19.9 Å². The van der Waals surface area contributed by atoms with Crippen molar-refractivity contribution < 1.29 is 13.5 Å². The van der Waals surface area contributed by atoms with Gasteiger partial charge in [0, 0.05) is 38.5 Å². The quantitative estimate of drug-likeness (QED) is 0.686. The summed E-state index contributed by atoms with van der Waals surface area (Å²) >= 11 is 0. The summed E-state index contributed by atoms with van der Waals surface area (Å²) in [6, 6.07) is 0.263. The Morgan fingerprint density at radius 2 is 2.22 bits per heavy atom. The summed E-state index contributed by atoms with van der Waals surface area (Å²) in [7, 11) is 3.83. The molecule has 0 bridgehead atoms. The second-order valence-electron chi connectivity index (χ2n) is 4.23. The van der Waals surface area contributed by atoms with E-state index >= 15 is 0 Å². The van der Waals surface area contributed by atoms with E-state index in [0.717, 1.165) is 25.1 Å². The molecule has 4 nitrogen and oxygen atoms in total. The topological polar surface area (TPSA) is 39.1 Å². The fraction of sp³-hybridized carbons (Fsp3) is 0.750. The molecule has 1 aromatic rings. The van der Waals surface area contributed by atoms with E-state index in [1.165, 1.54) is 0 Å². The SMILES string of the molecule is CNC(CCOCC(F)F)CCc1nccn1C. The van der Waals surface area contributed by atoms with E-state index < -0.39 is 13.0 Å². The van der Waals surface area contributed by atoms with Gasteiger partial charge in [-0.3, -0.25) is 0 Å². The normalized spacial score (nSPS) is 13.2. The molecule has 1 unspecified atom stereocenters. The van der Waals surface area contributed by atoms with Crippen molar-refractivity contribution in [3.8, 4) is 0 Å². The van der Waals surface area contributed by atoms with E-state index in [0.29, 0.717) is 6.61 Å². The highest BCUT2D eigenvalue weighted by Crippen LogP contribution is 2.06. The number of alkyl halides is 2. The van der Waals surface area contributed by atoms with Gasteiger partial charge >= 0.3 is 0 Å². The number of ether oxygens (including phenoxy) is 1. The number of aromatic nitrogens is 2. The minimum absolute atomic E-state index is 0.263. The van der Waals surface area contributed by atoms with Crippen LogP contribution in [0.5, 0.6) is 0 Å². The van der Waals surface area contributed by atoms with E-state index in [-0.39, 0.29) is 6.04 Å². The standard InChI is InChI=1S/C12H21F2N3O/c1-15-10(5-8-18-9-11(13)14)3-4-12-16-6-7-17(12)2/h6-7,10-11,15H,3-5,8-9H2,1-2H3. The minimum Gasteiger partial charge on any atom is -0.375 e. The molecule has 1 N–H and O–H groups in total. The van der Waals surface area contributed by atoms with Crippen LogP contribution in [0.3, 0.4) is 0 Å². The highest BCUT2D eigenvalue weighted by molar-refractivity contribution is 4.91. The summed E-state index contributed by atoms with van der Waals surface area (Å²) in [6.07, 6.45) is 3.81. The van der Waals surface area contributed by atoms with Crippen LogP contribution < -0.4 is 5.32 Å². The van der Waals surface area contributed by atoms with Crippen LogP contribution in [0.15, 0.2) is 12.4 Å². The maximum atomic E-state index is 11.9. The smallest absolute Gasteiger partial charge is 0.261 e. The summed E-state index contributed by atoms with van der Waals surface area (Å²) in [5.74, 6) is 1.03. The number of halogens is 2. The molecule has 0 spiro atoms. The van der Waals surface area contributed by atoms with Gasteiger partial charge in [-0.2, -0.15) is 0 Å². The molecule has 0 aliphatic heterocycles. The van der Waals surface area contributed by atoms with Crippen molar-refractivity contribution >= 4 is 0 Å². The third-order valence-corrected chi connectivity index (χ3v) is 2.90. The van der Waals surface area contributed by atoms with Crippen molar-refractivity contribution in [3.05, 3.63) is 18.2 Å². The summed E-state index contributed by atoms with van der Waals surface area (Å²) in [6.45, 7) is -0.119. The predicted octanol–water partition coefficient (Wildman–Crippen LogP) is 1.61. The number of aryl methyl sites for hydroxylation is 2. The van der Waals surface area contributed by atoms with E-state index in [1.54, 1.807) is 6.20 Å². The van der Waals surface area contributed by atoms with Crippen LogP contribution in [-0.4, -0.2) is 42.3 Å². The van der Waals surface area contributed by atoms with Crippen LogP contribution >= 0.6 is 0 Å². The fourth-order valence-electron chi connectivity index (χ4n) is 1.77. The average molecular weight is 261 g/mol. The first-order chi connectivity index (χ1) is 8.63. The molecule has 0 saturated carbocycles. The molecule has 0 aliphatic rings. The van der Waals surface area contributed by atoms with Crippen molar-refractivity contribution in [2.45, 2.75) is 31.7 Å². The zero-order chi connectivity index (χ0) is 13.4. The van der Waals surface area contributed by atoms with Crippen LogP contribution in [0.4, 0.5) is 8.78 Å². The van der Waals surface area contributed by atoms with Crippen molar-refractivity contribution in [1.82, 2.24) is 14.9 Å². The lowest BCUT2D eigenvalue weighted by molar-refractivity contribution is 0.0144. The molecule has 1 rings (SSSR count). The lowest BCUT2D eigenvalue weighted by Gasteiger charge is -2.15. The second kappa shape index (κ2) is 8.16.